The number of hydrogen-bond donors (Lipinski definition) is 0. The summed E-state index contributed by atoms with van der Waals surface area (Å²) in [6.07, 6.45) is 8.06. The molecule has 0 spiro atoms. The summed E-state index contributed by atoms with van der Waals surface area (Å²) >= 11 is 0. The van der Waals surface area contributed by atoms with Gasteiger partial charge < -0.3 is 4.74 Å². The molecule has 2 rings (SSSR count). The Morgan fingerprint density at radius 1 is 0.957 bits per heavy atom. The van der Waals surface area contributed by atoms with Crippen molar-refractivity contribution in [1.29, 1.82) is 0 Å². The number of allylic oxidation sites excluding steroid dienone is 1. The fourth-order valence-electron chi connectivity index (χ4n) is 2.33. The highest BCUT2D eigenvalue weighted by molar-refractivity contribution is 6.08. The fourth-order valence-corrected chi connectivity index (χ4v) is 2.33. The molecule has 0 fully saturated rings. The Balaban J connectivity index is 1.98. The Morgan fingerprint density at radius 2 is 1.70 bits per heavy atom. The molecular weight excluding hydrogens is 284 g/mol. The zero-order valence-corrected chi connectivity index (χ0v) is 13.7. The van der Waals surface area contributed by atoms with E-state index in [4.69, 9.17) is 4.74 Å². The highest BCUT2D eigenvalue weighted by atomic mass is 16.5. The predicted molar refractivity (Wildman–Crippen MR) is 95.9 cm³/mol. The quantitative estimate of drug-likeness (QED) is 0.345. The third-order valence-corrected chi connectivity index (χ3v) is 3.63. The molecule has 0 N–H and O–H groups in total. The molecule has 0 aliphatic carbocycles. The van der Waals surface area contributed by atoms with Crippen molar-refractivity contribution in [2.75, 3.05) is 6.61 Å². The van der Waals surface area contributed by atoms with Crippen LogP contribution in [0.1, 0.15) is 48.5 Å². The molecule has 2 aromatic carbocycles. The number of benzene rings is 2. The van der Waals surface area contributed by atoms with Crippen LogP contribution in [0, 0.1) is 0 Å². The van der Waals surface area contributed by atoms with E-state index in [9.17, 15) is 4.79 Å². The van der Waals surface area contributed by atoms with Crippen LogP contribution < -0.4 is 4.74 Å². The van der Waals surface area contributed by atoms with Gasteiger partial charge in [-0.15, -0.1) is 0 Å². The minimum absolute atomic E-state index is 0.0296. The van der Waals surface area contributed by atoms with Crippen molar-refractivity contribution in [2.24, 2.45) is 0 Å². The maximum atomic E-state index is 12.4. The van der Waals surface area contributed by atoms with Gasteiger partial charge in [-0.2, -0.15) is 0 Å². The summed E-state index contributed by atoms with van der Waals surface area (Å²) in [6.45, 7) is 2.85. The SMILES string of the molecule is CCCCCCOc1ccccc1C(=O)/C=C/c1ccccc1. The Morgan fingerprint density at radius 3 is 2.48 bits per heavy atom. The molecule has 120 valence electrons. The van der Waals surface area contributed by atoms with Gasteiger partial charge in [0.2, 0.25) is 0 Å². The highest BCUT2D eigenvalue weighted by Crippen LogP contribution is 2.20. The normalized spacial score (nSPS) is 10.8. The Labute approximate surface area is 138 Å². The standard InChI is InChI=1S/C21H24O2/c1-2-3-4-10-17-23-21-14-9-8-13-19(21)20(22)16-15-18-11-6-5-7-12-18/h5-9,11-16H,2-4,10,17H2,1H3/b16-15+. The van der Waals surface area contributed by atoms with E-state index >= 15 is 0 Å². The van der Waals surface area contributed by atoms with Gasteiger partial charge in [-0.05, 0) is 30.2 Å². The van der Waals surface area contributed by atoms with Gasteiger partial charge in [-0.25, -0.2) is 0 Å². The third-order valence-electron chi connectivity index (χ3n) is 3.63. The third kappa shape index (κ3) is 5.74. The monoisotopic (exact) mass is 308 g/mol. The smallest absolute Gasteiger partial charge is 0.189 e. The maximum absolute atomic E-state index is 12.4. The van der Waals surface area contributed by atoms with Crippen molar-refractivity contribution in [3.05, 3.63) is 71.8 Å². The number of para-hydroxylation sites is 1. The molecule has 0 aliphatic heterocycles. The van der Waals surface area contributed by atoms with Crippen LogP contribution in [0.5, 0.6) is 5.75 Å². The van der Waals surface area contributed by atoms with E-state index in [1.807, 2.05) is 60.7 Å². The summed E-state index contributed by atoms with van der Waals surface area (Å²) in [4.78, 5) is 12.4. The van der Waals surface area contributed by atoms with Crippen LogP contribution in [-0.4, -0.2) is 12.4 Å². The highest BCUT2D eigenvalue weighted by Gasteiger charge is 2.09. The molecule has 2 aromatic rings. The first-order chi connectivity index (χ1) is 11.3. The molecule has 0 bridgehead atoms. The van der Waals surface area contributed by atoms with E-state index in [1.54, 1.807) is 6.08 Å². The molecule has 0 unspecified atom stereocenters. The first-order valence-electron chi connectivity index (χ1n) is 8.30. The maximum Gasteiger partial charge on any atom is 0.189 e. The van der Waals surface area contributed by atoms with Gasteiger partial charge in [-0.1, -0.05) is 74.7 Å². The van der Waals surface area contributed by atoms with E-state index in [0.29, 0.717) is 17.9 Å². The second-order valence-electron chi connectivity index (χ2n) is 5.51. The van der Waals surface area contributed by atoms with Crippen LogP contribution in [0.25, 0.3) is 6.08 Å². The van der Waals surface area contributed by atoms with Crippen molar-refractivity contribution in [1.82, 2.24) is 0 Å². The molecule has 2 heteroatoms. The van der Waals surface area contributed by atoms with Gasteiger partial charge in [0.05, 0.1) is 12.2 Å². The van der Waals surface area contributed by atoms with Crippen LogP contribution >= 0.6 is 0 Å². The summed E-state index contributed by atoms with van der Waals surface area (Å²) in [7, 11) is 0. The molecule has 23 heavy (non-hydrogen) atoms. The molecule has 0 atom stereocenters. The van der Waals surface area contributed by atoms with Gasteiger partial charge >= 0.3 is 0 Å². The van der Waals surface area contributed by atoms with Gasteiger partial charge in [0.15, 0.2) is 5.78 Å². The summed E-state index contributed by atoms with van der Waals surface area (Å²) < 4.78 is 5.80. The minimum Gasteiger partial charge on any atom is -0.493 e. The zero-order valence-electron chi connectivity index (χ0n) is 13.7. The van der Waals surface area contributed by atoms with E-state index in [1.165, 1.54) is 19.3 Å². The van der Waals surface area contributed by atoms with Crippen molar-refractivity contribution < 1.29 is 9.53 Å². The molecule has 0 heterocycles. The van der Waals surface area contributed by atoms with Crippen molar-refractivity contribution in [3.63, 3.8) is 0 Å². The van der Waals surface area contributed by atoms with Crippen LogP contribution in [0.3, 0.4) is 0 Å². The lowest BCUT2D eigenvalue weighted by Crippen LogP contribution is -2.03. The molecule has 0 saturated carbocycles. The predicted octanol–water partition coefficient (Wildman–Crippen LogP) is 5.54. The topological polar surface area (TPSA) is 26.3 Å². The molecule has 0 aliphatic rings. The first-order valence-corrected chi connectivity index (χ1v) is 8.30. The molecule has 0 radical (unpaired) electrons. The van der Waals surface area contributed by atoms with E-state index < -0.39 is 0 Å². The van der Waals surface area contributed by atoms with Gasteiger partial charge in [0.25, 0.3) is 0 Å². The number of carbonyl (C=O) groups is 1. The first kappa shape index (κ1) is 17.0. The zero-order chi connectivity index (χ0) is 16.3. The van der Waals surface area contributed by atoms with E-state index in [2.05, 4.69) is 6.92 Å². The average molecular weight is 308 g/mol. The lowest BCUT2D eigenvalue weighted by atomic mass is 10.1. The molecule has 0 amide bonds. The number of unbranched alkanes of at least 4 members (excludes halogenated alkanes) is 3. The van der Waals surface area contributed by atoms with Crippen molar-refractivity contribution in [2.45, 2.75) is 32.6 Å². The van der Waals surface area contributed by atoms with Gasteiger partial charge in [0, 0.05) is 0 Å². The lowest BCUT2D eigenvalue weighted by molar-refractivity contribution is 0.104. The summed E-state index contributed by atoms with van der Waals surface area (Å²) in [5, 5.41) is 0. The number of hydrogen-bond acceptors (Lipinski definition) is 2. The molecule has 2 nitrogen and oxygen atoms in total. The number of rotatable bonds is 9. The van der Waals surface area contributed by atoms with Crippen LogP contribution in [0.15, 0.2) is 60.7 Å². The molecule has 0 aromatic heterocycles. The summed E-state index contributed by atoms with van der Waals surface area (Å²) in [5.41, 5.74) is 1.63. The Bertz CT molecular complexity index is 629. The second kappa shape index (κ2) is 9.62. The summed E-state index contributed by atoms with van der Waals surface area (Å²) in [6, 6.07) is 17.3. The largest absolute Gasteiger partial charge is 0.493 e. The average Bonchev–Trinajstić information content (AvgIpc) is 2.61. The lowest BCUT2D eigenvalue weighted by Gasteiger charge is -2.09. The fraction of sp³-hybridized carbons (Fsp3) is 0.286. The second-order valence-corrected chi connectivity index (χ2v) is 5.51. The number of ketones is 1. The van der Waals surface area contributed by atoms with Crippen molar-refractivity contribution >= 4 is 11.9 Å². The molecule has 0 saturated heterocycles. The Hall–Kier alpha value is -2.35. The van der Waals surface area contributed by atoms with Crippen LogP contribution in [0.2, 0.25) is 0 Å². The summed E-state index contributed by atoms with van der Waals surface area (Å²) in [5.74, 6) is 0.643. The van der Waals surface area contributed by atoms with Crippen LogP contribution in [0.4, 0.5) is 0 Å². The number of ether oxygens (including phenoxy) is 1. The van der Waals surface area contributed by atoms with E-state index in [-0.39, 0.29) is 5.78 Å². The molecular formula is C21H24O2. The van der Waals surface area contributed by atoms with Gasteiger partial charge in [0.1, 0.15) is 5.75 Å². The van der Waals surface area contributed by atoms with Gasteiger partial charge in [-0.3, -0.25) is 4.79 Å². The van der Waals surface area contributed by atoms with E-state index in [0.717, 1.165) is 12.0 Å². The Kier molecular flexibility index (Phi) is 7.12. The minimum atomic E-state index is -0.0296. The van der Waals surface area contributed by atoms with Crippen LogP contribution in [-0.2, 0) is 0 Å². The van der Waals surface area contributed by atoms with Crippen molar-refractivity contribution in [3.8, 4) is 5.75 Å². The number of carbonyl (C=O) groups excluding carboxylic acids is 1.